The first-order valence-corrected chi connectivity index (χ1v) is 10.1. The van der Waals surface area contributed by atoms with Gasteiger partial charge in [0.15, 0.2) is 5.78 Å². The molecule has 4 heteroatoms. The number of rotatable bonds is 8. The van der Waals surface area contributed by atoms with Crippen molar-refractivity contribution in [1.29, 1.82) is 0 Å². The smallest absolute Gasteiger partial charge is 0.246 e. The van der Waals surface area contributed by atoms with Crippen molar-refractivity contribution in [2.75, 3.05) is 0 Å². The SMILES string of the molecule is CC.CC.CC(CCCCCC(=O)c1ccc2ccccc2c1)C(=O)NO. The number of hydrogen-bond donors (Lipinski definition) is 2. The second kappa shape index (κ2) is 14.9. The summed E-state index contributed by atoms with van der Waals surface area (Å²) in [5.74, 6) is -0.384. The van der Waals surface area contributed by atoms with E-state index in [1.54, 1.807) is 12.4 Å². The molecule has 2 aromatic rings. The van der Waals surface area contributed by atoms with Crippen LogP contribution in [0, 0.1) is 5.92 Å². The Morgan fingerprint density at radius 1 is 0.926 bits per heavy atom. The second-order valence-corrected chi connectivity index (χ2v) is 5.96. The number of benzene rings is 2. The third-order valence-electron chi connectivity index (χ3n) is 4.17. The summed E-state index contributed by atoms with van der Waals surface area (Å²) in [4.78, 5) is 23.4. The maximum atomic E-state index is 12.2. The van der Waals surface area contributed by atoms with Gasteiger partial charge in [0.1, 0.15) is 0 Å². The lowest BCUT2D eigenvalue weighted by Crippen LogP contribution is -2.25. The molecule has 0 radical (unpaired) electrons. The fourth-order valence-corrected chi connectivity index (χ4v) is 2.66. The number of hydroxylamine groups is 1. The van der Waals surface area contributed by atoms with E-state index in [1.807, 2.05) is 70.2 Å². The molecule has 0 saturated heterocycles. The van der Waals surface area contributed by atoms with Crippen LogP contribution in [0.1, 0.15) is 77.1 Å². The summed E-state index contributed by atoms with van der Waals surface area (Å²) in [5, 5.41) is 10.8. The molecule has 0 spiro atoms. The standard InChI is InChI=1S/C19H23NO3.2C2H6/c1-14(19(22)20-23)7-3-2-4-10-18(21)17-12-11-15-8-5-6-9-16(15)13-17;2*1-2/h5-6,8-9,11-14,23H,2-4,7,10H2,1H3,(H,20,22);2*1-2H3. The van der Waals surface area contributed by atoms with Gasteiger partial charge < -0.3 is 0 Å². The number of ketones is 1. The predicted octanol–water partition coefficient (Wildman–Crippen LogP) is 6.17. The molecule has 1 unspecified atom stereocenters. The van der Waals surface area contributed by atoms with Crippen LogP contribution in [0.25, 0.3) is 10.8 Å². The van der Waals surface area contributed by atoms with Crippen molar-refractivity contribution in [3.63, 3.8) is 0 Å². The third kappa shape index (κ3) is 8.83. The number of amides is 1. The summed E-state index contributed by atoms with van der Waals surface area (Å²) in [6.07, 6.45) is 3.84. The van der Waals surface area contributed by atoms with E-state index in [9.17, 15) is 9.59 Å². The highest BCUT2D eigenvalue weighted by atomic mass is 16.5. The Bertz CT molecular complexity index is 682. The second-order valence-electron chi connectivity index (χ2n) is 5.96. The molecule has 0 aliphatic carbocycles. The lowest BCUT2D eigenvalue weighted by atomic mass is 9.99. The lowest BCUT2D eigenvalue weighted by molar-refractivity contribution is -0.133. The fourth-order valence-electron chi connectivity index (χ4n) is 2.66. The van der Waals surface area contributed by atoms with Gasteiger partial charge in [0.2, 0.25) is 5.91 Å². The van der Waals surface area contributed by atoms with Gasteiger partial charge in [-0.2, -0.15) is 0 Å². The minimum Gasteiger partial charge on any atom is -0.294 e. The van der Waals surface area contributed by atoms with Crippen LogP contribution in [0.2, 0.25) is 0 Å². The van der Waals surface area contributed by atoms with E-state index in [1.165, 1.54) is 0 Å². The van der Waals surface area contributed by atoms with Crippen LogP contribution in [0.4, 0.5) is 0 Å². The molecule has 150 valence electrons. The first-order valence-electron chi connectivity index (χ1n) is 10.1. The van der Waals surface area contributed by atoms with Crippen LogP contribution in [0.15, 0.2) is 42.5 Å². The summed E-state index contributed by atoms with van der Waals surface area (Å²) in [7, 11) is 0. The average molecular weight is 374 g/mol. The molecule has 0 aliphatic rings. The molecule has 1 amide bonds. The Labute approximate surface area is 163 Å². The summed E-state index contributed by atoms with van der Waals surface area (Å²) < 4.78 is 0. The molecule has 1 atom stereocenters. The van der Waals surface area contributed by atoms with Crippen LogP contribution in [-0.4, -0.2) is 16.9 Å². The fraction of sp³-hybridized carbons (Fsp3) is 0.478. The maximum absolute atomic E-state index is 12.2. The van der Waals surface area contributed by atoms with Gasteiger partial charge >= 0.3 is 0 Å². The molecule has 2 rings (SSSR count). The molecular formula is C23H35NO3. The van der Waals surface area contributed by atoms with Gasteiger partial charge in [-0.3, -0.25) is 14.8 Å². The number of nitrogens with one attached hydrogen (secondary N) is 1. The van der Waals surface area contributed by atoms with Crippen LogP contribution < -0.4 is 5.48 Å². The monoisotopic (exact) mass is 373 g/mol. The molecule has 27 heavy (non-hydrogen) atoms. The van der Waals surface area contributed by atoms with Gasteiger partial charge in [-0.15, -0.1) is 0 Å². The molecule has 2 aromatic carbocycles. The molecule has 0 aliphatic heterocycles. The van der Waals surface area contributed by atoms with E-state index in [0.29, 0.717) is 6.42 Å². The van der Waals surface area contributed by atoms with Crippen molar-refractivity contribution >= 4 is 22.5 Å². The van der Waals surface area contributed by atoms with Gasteiger partial charge in [0.25, 0.3) is 0 Å². The van der Waals surface area contributed by atoms with Crippen molar-refractivity contribution in [2.24, 2.45) is 5.92 Å². The predicted molar refractivity (Wildman–Crippen MR) is 113 cm³/mol. The molecule has 0 heterocycles. The van der Waals surface area contributed by atoms with Crippen molar-refractivity contribution in [1.82, 2.24) is 5.48 Å². The van der Waals surface area contributed by atoms with E-state index in [4.69, 9.17) is 5.21 Å². The van der Waals surface area contributed by atoms with Crippen LogP contribution in [0.3, 0.4) is 0 Å². The largest absolute Gasteiger partial charge is 0.294 e. The van der Waals surface area contributed by atoms with Crippen LogP contribution in [0.5, 0.6) is 0 Å². The van der Waals surface area contributed by atoms with Crippen molar-refractivity contribution in [2.45, 2.75) is 66.7 Å². The minimum absolute atomic E-state index is 0.164. The van der Waals surface area contributed by atoms with Gasteiger partial charge in [-0.25, -0.2) is 5.48 Å². The van der Waals surface area contributed by atoms with E-state index >= 15 is 0 Å². The zero-order valence-electron chi connectivity index (χ0n) is 17.4. The highest BCUT2D eigenvalue weighted by molar-refractivity contribution is 5.99. The molecule has 2 N–H and O–H groups in total. The van der Waals surface area contributed by atoms with Crippen LogP contribution >= 0.6 is 0 Å². The Morgan fingerprint density at radius 3 is 2.19 bits per heavy atom. The number of Topliss-reactive ketones (excluding diaryl/α,β-unsaturated/α-hetero) is 1. The van der Waals surface area contributed by atoms with Gasteiger partial charge in [-0.1, -0.05) is 83.9 Å². The van der Waals surface area contributed by atoms with E-state index in [0.717, 1.165) is 42.0 Å². The van der Waals surface area contributed by atoms with E-state index < -0.39 is 0 Å². The van der Waals surface area contributed by atoms with Gasteiger partial charge in [0, 0.05) is 17.9 Å². The highest BCUT2D eigenvalue weighted by Gasteiger charge is 2.11. The average Bonchev–Trinajstić information content (AvgIpc) is 2.75. The normalized spacial score (nSPS) is 10.7. The molecule has 0 saturated carbocycles. The number of carbonyl (C=O) groups excluding carboxylic acids is 2. The Kier molecular flexibility index (Phi) is 13.7. The number of hydrogen-bond acceptors (Lipinski definition) is 3. The number of unbranched alkanes of at least 4 members (excludes halogenated alkanes) is 2. The molecular weight excluding hydrogens is 338 g/mol. The summed E-state index contributed by atoms with van der Waals surface area (Å²) in [6, 6.07) is 13.8. The lowest BCUT2D eigenvalue weighted by Gasteiger charge is -2.08. The molecule has 0 bridgehead atoms. The van der Waals surface area contributed by atoms with Crippen LogP contribution in [-0.2, 0) is 4.79 Å². The molecule has 4 nitrogen and oxygen atoms in total. The summed E-state index contributed by atoms with van der Waals surface area (Å²) in [6.45, 7) is 9.78. The van der Waals surface area contributed by atoms with E-state index in [-0.39, 0.29) is 17.6 Å². The highest BCUT2D eigenvalue weighted by Crippen LogP contribution is 2.18. The summed E-state index contributed by atoms with van der Waals surface area (Å²) >= 11 is 0. The molecule has 0 fully saturated rings. The zero-order valence-corrected chi connectivity index (χ0v) is 17.4. The quantitative estimate of drug-likeness (QED) is 0.252. The van der Waals surface area contributed by atoms with Crippen molar-refractivity contribution in [3.05, 3.63) is 48.0 Å². The molecule has 0 aromatic heterocycles. The zero-order chi connectivity index (χ0) is 20.7. The van der Waals surface area contributed by atoms with E-state index in [2.05, 4.69) is 0 Å². The van der Waals surface area contributed by atoms with Crippen molar-refractivity contribution < 1.29 is 14.8 Å². The first-order chi connectivity index (χ1) is 13.1. The van der Waals surface area contributed by atoms with Crippen molar-refractivity contribution in [3.8, 4) is 0 Å². The Balaban J connectivity index is 0.00000158. The van der Waals surface area contributed by atoms with Gasteiger partial charge in [0.05, 0.1) is 0 Å². The Hall–Kier alpha value is -2.20. The Morgan fingerprint density at radius 2 is 1.56 bits per heavy atom. The first kappa shape index (κ1) is 24.8. The third-order valence-corrected chi connectivity index (χ3v) is 4.17. The maximum Gasteiger partial charge on any atom is 0.246 e. The topological polar surface area (TPSA) is 66.4 Å². The summed E-state index contributed by atoms with van der Waals surface area (Å²) in [5.41, 5.74) is 2.43. The minimum atomic E-state index is -0.350. The van der Waals surface area contributed by atoms with Gasteiger partial charge in [-0.05, 0) is 29.7 Å². The number of fused-ring (bicyclic) bond motifs is 1. The number of carbonyl (C=O) groups is 2.